The van der Waals surface area contributed by atoms with Crippen molar-refractivity contribution in [2.75, 3.05) is 19.8 Å². The van der Waals surface area contributed by atoms with Gasteiger partial charge in [-0.3, -0.25) is 4.79 Å². The SMILES string of the molecule is CC#CC#CC#CC#CC#CC#CC#CC#CC#CC#CC#CC#CC(=O)N[C@@H](COCC(O)CO)[C@H](O)[C@H](O)CCCCCCCCCCCCCC. The van der Waals surface area contributed by atoms with Crippen LogP contribution in [0.5, 0.6) is 0 Å². The molecule has 0 fully saturated rings. The summed E-state index contributed by atoms with van der Waals surface area (Å²) in [5.41, 5.74) is 0. The van der Waals surface area contributed by atoms with E-state index in [4.69, 9.17) is 9.84 Å². The summed E-state index contributed by atoms with van der Waals surface area (Å²) in [5.74, 6) is 58.8. The van der Waals surface area contributed by atoms with E-state index in [0.29, 0.717) is 6.42 Å². The number of hydrogen-bond donors (Lipinski definition) is 5. The van der Waals surface area contributed by atoms with Gasteiger partial charge in [0, 0.05) is 41.4 Å². The van der Waals surface area contributed by atoms with Crippen LogP contribution in [0.25, 0.3) is 0 Å². The van der Waals surface area contributed by atoms with E-state index in [1.54, 1.807) is 6.92 Å². The fourth-order valence-corrected chi connectivity index (χ4v) is 4.22. The van der Waals surface area contributed by atoms with Crippen LogP contribution >= 0.6 is 0 Å². The maximum atomic E-state index is 12.4. The molecule has 0 aromatic heterocycles. The quantitative estimate of drug-likeness (QED) is 0.0920. The van der Waals surface area contributed by atoms with E-state index in [0.717, 1.165) is 25.7 Å². The number of amides is 1. The number of unbranched alkanes of at least 4 members (excludes halogenated alkanes) is 11. The number of hydrogen-bond acceptors (Lipinski definition) is 6. The number of aliphatic hydroxyl groups is 4. The summed E-state index contributed by atoms with van der Waals surface area (Å²) in [6, 6.07) is -1.01. The van der Waals surface area contributed by atoms with Gasteiger partial charge in [-0.25, -0.2) is 0 Å². The Bertz CT molecular complexity index is 1920. The third-order valence-corrected chi connectivity index (χ3v) is 6.91. The zero-order valence-corrected chi connectivity index (χ0v) is 31.2. The number of ether oxygens (including phenoxy) is 1. The van der Waals surface area contributed by atoms with Gasteiger partial charge in [-0.1, -0.05) is 89.9 Å². The second-order valence-electron chi connectivity index (χ2n) is 11.3. The Balaban J connectivity index is 4.82. The largest absolute Gasteiger partial charge is 0.394 e. The van der Waals surface area contributed by atoms with E-state index in [2.05, 4.69) is 154 Å². The highest BCUT2D eigenvalue weighted by molar-refractivity contribution is 5.94. The summed E-state index contributed by atoms with van der Waals surface area (Å²) in [4.78, 5) is 12.4. The number of rotatable bonds is 21. The molecule has 1 amide bonds. The maximum absolute atomic E-state index is 12.4. The Morgan fingerprint density at radius 2 is 0.907 bits per heavy atom. The lowest BCUT2D eigenvalue weighted by atomic mass is 9.99. The van der Waals surface area contributed by atoms with Gasteiger partial charge in [0.2, 0.25) is 0 Å². The van der Waals surface area contributed by atoms with Crippen LogP contribution in [0.15, 0.2) is 0 Å². The second kappa shape index (κ2) is 38.2. The highest BCUT2D eigenvalue weighted by Gasteiger charge is 2.27. The van der Waals surface area contributed by atoms with E-state index in [1.807, 2.05) is 0 Å². The fraction of sp³-hybridized carbons (Fsp3) is 0.468. The summed E-state index contributed by atoms with van der Waals surface area (Å²) >= 11 is 0. The monoisotopic (exact) mass is 721 g/mol. The van der Waals surface area contributed by atoms with Crippen LogP contribution in [0.4, 0.5) is 0 Å². The van der Waals surface area contributed by atoms with Crippen molar-refractivity contribution in [2.45, 2.75) is 122 Å². The van der Waals surface area contributed by atoms with Gasteiger partial charge in [0.25, 0.3) is 5.91 Å². The summed E-state index contributed by atoms with van der Waals surface area (Å²) in [7, 11) is 0. The van der Waals surface area contributed by atoms with Gasteiger partial charge in [0.1, 0.15) is 12.2 Å². The standard InChI is InChI=1S/C47H47NO6/c1-3-5-7-9-11-13-15-17-18-19-20-21-22-23-24-25-26-27-29-31-33-35-37-39-46(52)48-44(42-54-41-43(50)40-49)47(53)45(51)38-36-34-32-30-28-16-14-12-10-8-6-4-2/h43-45,47,49-51,53H,4,6,8,10,12,14,16,28,30,32,34,36,38,40-42H2,1-2H3,(H,48,52)/t43?,44-,45+,47-/m0/s1. The lowest BCUT2D eigenvalue weighted by Crippen LogP contribution is -2.51. The van der Waals surface area contributed by atoms with E-state index in [-0.39, 0.29) is 13.2 Å². The molecular formula is C47H47NO6. The average molecular weight is 722 g/mol. The normalized spacial score (nSPS) is 10.4. The molecule has 0 aromatic carbocycles. The average Bonchev–Trinajstić information content (AvgIpc) is 3.17. The highest BCUT2D eigenvalue weighted by Crippen LogP contribution is 2.15. The van der Waals surface area contributed by atoms with Crippen LogP contribution in [0.2, 0.25) is 0 Å². The van der Waals surface area contributed by atoms with Gasteiger partial charge in [-0.15, -0.1) is 0 Å². The first-order valence-electron chi connectivity index (χ1n) is 17.9. The molecule has 1 unspecified atom stereocenters. The van der Waals surface area contributed by atoms with Crippen molar-refractivity contribution < 1.29 is 30.0 Å². The molecule has 7 nitrogen and oxygen atoms in total. The topological polar surface area (TPSA) is 119 Å². The van der Waals surface area contributed by atoms with Crippen molar-refractivity contribution in [3.05, 3.63) is 0 Å². The van der Waals surface area contributed by atoms with Crippen LogP contribution in [0, 0.1) is 142 Å². The molecule has 5 N–H and O–H groups in total. The van der Waals surface area contributed by atoms with Crippen LogP contribution in [-0.2, 0) is 9.53 Å². The number of nitrogens with one attached hydrogen (secondary N) is 1. The molecule has 0 aromatic rings. The molecule has 0 aliphatic heterocycles. The van der Waals surface area contributed by atoms with Crippen molar-refractivity contribution >= 4 is 5.91 Å². The Labute approximate surface area is 324 Å². The number of carbonyl (C=O) groups excluding carboxylic acids is 1. The van der Waals surface area contributed by atoms with Crippen molar-refractivity contribution in [3.63, 3.8) is 0 Å². The molecule has 0 aliphatic rings. The van der Waals surface area contributed by atoms with Crippen molar-refractivity contribution in [1.82, 2.24) is 5.32 Å². The van der Waals surface area contributed by atoms with Crippen LogP contribution in [-0.4, -0.2) is 70.5 Å². The first-order valence-corrected chi connectivity index (χ1v) is 17.9. The first-order chi connectivity index (χ1) is 26.5. The van der Waals surface area contributed by atoms with Gasteiger partial charge in [0.15, 0.2) is 0 Å². The maximum Gasteiger partial charge on any atom is 0.297 e. The van der Waals surface area contributed by atoms with Gasteiger partial charge >= 0.3 is 0 Å². The smallest absolute Gasteiger partial charge is 0.297 e. The van der Waals surface area contributed by atoms with E-state index >= 15 is 0 Å². The molecule has 0 rings (SSSR count). The second-order valence-corrected chi connectivity index (χ2v) is 11.3. The lowest BCUT2D eigenvalue weighted by molar-refractivity contribution is -0.119. The van der Waals surface area contributed by atoms with Gasteiger partial charge in [0.05, 0.1) is 32.0 Å². The number of aliphatic hydroxyl groups excluding tert-OH is 4. The third kappa shape index (κ3) is 33.2. The zero-order valence-electron chi connectivity index (χ0n) is 31.2. The van der Waals surface area contributed by atoms with E-state index in [9.17, 15) is 20.1 Å². The van der Waals surface area contributed by atoms with Crippen molar-refractivity contribution in [1.29, 1.82) is 0 Å². The Hall–Kier alpha value is -6.01. The predicted octanol–water partition coefficient (Wildman–Crippen LogP) is 2.71. The van der Waals surface area contributed by atoms with Crippen LogP contribution < -0.4 is 5.32 Å². The van der Waals surface area contributed by atoms with Crippen LogP contribution in [0.3, 0.4) is 0 Å². The number of carbonyl (C=O) groups is 1. The summed E-state index contributed by atoms with van der Waals surface area (Å²) in [6.07, 6.45) is 11.0. The molecule has 0 aliphatic carbocycles. The Morgan fingerprint density at radius 1 is 0.537 bits per heavy atom. The molecule has 0 saturated carbocycles. The molecule has 0 radical (unpaired) electrons. The van der Waals surface area contributed by atoms with E-state index in [1.165, 1.54) is 51.4 Å². The first kappa shape index (κ1) is 48.0. The summed E-state index contributed by atoms with van der Waals surface area (Å²) in [6.45, 7) is 2.97. The molecule has 0 saturated heterocycles. The molecular weight excluding hydrogens is 675 g/mol. The minimum absolute atomic E-state index is 0.214. The van der Waals surface area contributed by atoms with E-state index < -0.39 is 36.9 Å². The Morgan fingerprint density at radius 3 is 1.30 bits per heavy atom. The summed E-state index contributed by atoms with van der Waals surface area (Å²) < 4.78 is 5.35. The van der Waals surface area contributed by atoms with Crippen LogP contribution in [0.1, 0.15) is 97.3 Å². The molecule has 7 heteroatoms. The molecule has 0 heterocycles. The van der Waals surface area contributed by atoms with Crippen molar-refractivity contribution in [3.8, 4) is 142 Å². The minimum atomic E-state index is -1.34. The Kier molecular flexibility index (Phi) is 34.0. The third-order valence-electron chi connectivity index (χ3n) is 6.91. The summed E-state index contributed by atoms with van der Waals surface area (Å²) in [5, 5.41) is 42.5. The highest BCUT2D eigenvalue weighted by atomic mass is 16.5. The zero-order chi connectivity index (χ0) is 39.6. The fourth-order valence-electron chi connectivity index (χ4n) is 4.22. The minimum Gasteiger partial charge on any atom is -0.394 e. The van der Waals surface area contributed by atoms with Crippen molar-refractivity contribution in [2.24, 2.45) is 0 Å². The predicted molar refractivity (Wildman–Crippen MR) is 213 cm³/mol. The molecule has 4 atom stereocenters. The molecule has 0 spiro atoms. The molecule has 0 bridgehead atoms. The lowest BCUT2D eigenvalue weighted by Gasteiger charge is -2.27. The van der Waals surface area contributed by atoms with Gasteiger partial charge in [-0.2, -0.15) is 0 Å². The molecule has 276 valence electrons. The molecule has 54 heavy (non-hydrogen) atoms. The van der Waals surface area contributed by atoms with Gasteiger partial charge < -0.3 is 30.5 Å². The van der Waals surface area contributed by atoms with Gasteiger partial charge in [-0.05, 0) is 108 Å².